The van der Waals surface area contributed by atoms with E-state index in [0.29, 0.717) is 12.5 Å². The number of aryl methyl sites for hydroxylation is 1. The molecular weight excluding hydrogens is 324 g/mol. The zero-order valence-electron chi connectivity index (χ0n) is 15.5. The number of rotatable bonds is 7. The van der Waals surface area contributed by atoms with E-state index >= 15 is 0 Å². The van der Waals surface area contributed by atoms with Crippen LogP contribution in [-0.4, -0.2) is 17.2 Å². The van der Waals surface area contributed by atoms with Crippen molar-refractivity contribution in [1.29, 1.82) is 0 Å². The summed E-state index contributed by atoms with van der Waals surface area (Å²) in [7, 11) is 0. The Bertz CT molecular complexity index is 717. The van der Waals surface area contributed by atoms with Gasteiger partial charge in [-0.25, -0.2) is 0 Å². The van der Waals surface area contributed by atoms with Crippen molar-refractivity contribution in [1.82, 2.24) is 0 Å². The van der Waals surface area contributed by atoms with Crippen LogP contribution in [0, 0.1) is 5.92 Å². The zero-order chi connectivity index (χ0) is 18.4. The maximum atomic E-state index is 11.1. The molecule has 0 heterocycles. The predicted molar refractivity (Wildman–Crippen MR) is 104 cm³/mol. The molecule has 0 aliphatic heterocycles. The summed E-state index contributed by atoms with van der Waals surface area (Å²) in [6.45, 7) is 1.76. The number of benzene rings is 2. The lowest BCUT2D eigenvalue weighted by Gasteiger charge is -2.24. The molecule has 0 aromatic heterocycles. The fourth-order valence-electron chi connectivity index (χ4n) is 3.55. The number of hydrogen-bond acceptors (Lipinski definition) is 2. The predicted octanol–water partition coefficient (Wildman–Crippen LogP) is 5.72. The lowest BCUT2D eigenvalue weighted by molar-refractivity contribution is -0.141. The van der Waals surface area contributed by atoms with Gasteiger partial charge < -0.3 is 9.84 Å². The van der Waals surface area contributed by atoms with Gasteiger partial charge in [0, 0.05) is 5.56 Å². The number of carboxylic acids is 1. The molecule has 1 atom stereocenters. The van der Waals surface area contributed by atoms with Crippen LogP contribution in [0.5, 0.6) is 5.75 Å². The summed E-state index contributed by atoms with van der Waals surface area (Å²) in [6, 6.07) is 16.6. The normalized spacial score (nSPS) is 16.2. The number of ether oxygens (including phenoxy) is 1. The fourth-order valence-corrected chi connectivity index (χ4v) is 3.55. The van der Waals surface area contributed by atoms with Gasteiger partial charge in [0.2, 0.25) is 0 Å². The molecule has 26 heavy (non-hydrogen) atoms. The highest BCUT2D eigenvalue weighted by molar-refractivity contribution is 5.71. The number of carboxylic acid groups (broad SMARTS) is 1. The molecule has 0 amide bonds. The minimum absolute atomic E-state index is 0.309. The quantitative estimate of drug-likeness (QED) is 0.693. The molecule has 3 nitrogen and oxygen atoms in total. The molecule has 3 heteroatoms. The topological polar surface area (TPSA) is 46.5 Å². The Morgan fingerprint density at radius 1 is 1.12 bits per heavy atom. The van der Waals surface area contributed by atoms with E-state index < -0.39 is 5.97 Å². The van der Waals surface area contributed by atoms with Crippen molar-refractivity contribution < 1.29 is 14.6 Å². The lowest BCUT2D eigenvalue weighted by Crippen LogP contribution is -2.20. The molecule has 1 fully saturated rings. The van der Waals surface area contributed by atoms with Gasteiger partial charge in [0.1, 0.15) is 5.75 Å². The maximum absolute atomic E-state index is 11.1. The molecule has 2 aromatic carbocycles. The Labute approximate surface area is 156 Å². The van der Waals surface area contributed by atoms with E-state index in [1.807, 2.05) is 18.2 Å². The van der Waals surface area contributed by atoms with E-state index in [4.69, 9.17) is 9.84 Å². The average Bonchev–Trinajstić information content (AvgIpc) is 2.68. The van der Waals surface area contributed by atoms with Gasteiger partial charge in [0.05, 0.1) is 12.0 Å². The first kappa shape index (κ1) is 18.5. The molecule has 1 aliphatic carbocycles. The smallest absolute Gasteiger partial charge is 0.306 e. The van der Waals surface area contributed by atoms with Crippen molar-refractivity contribution in [3.8, 4) is 16.9 Å². The number of carbonyl (C=O) groups is 1. The highest BCUT2D eigenvalue weighted by Gasteiger charge is 2.18. The monoisotopic (exact) mass is 352 g/mol. The summed E-state index contributed by atoms with van der Waals surface area (Å²) in [5.74, 6) is -0.114. The second kappa shape index (κ2) is 8.88. The number of hydrogen-bond donors (Lipinski definition) is 1. The second-order valence-corrected chi connectivity index (χ2v) is 7.35. The largest absolute Gasteiger partial charge is 0.490 e. The van der Waals surface area contributed by atoms with E-state index in [0.717, 1.165) is 41.7 Å². The Morgan fingerprint density at radius 2 is 1.85 bits per heavy atom. The SMILES string of the molecule is CC(CCc1ccc(OC2CCCCC2)c(-c2ccccc2)c1)C(=O)O. The highest BCUT2D eigenvalue weighted by Crippen LogP contribution is 2.34. The van der Waals surface area contributed by atoms with Crippen LogP contribution < -0.4 is 4.74 Å². The summed E-state index contributed by atoms with van der Waals surface area (Å²) < 4.78 is 6.37. The molecule has 1 N–H and O–H groups in total. The third kappa shape index (κ3) is 4.87. The van der Waals surface area contributed by atoms with E-state index in [-0.39, 0.29) is 5.92 Å². The molecule has 1 saturated carbocycles. The third-order valence-electron chi connectivity index (χ3n) is 5.26. The van der Waals surface area contributed by atoms with Crippen molar-refractivity contribution >= 4 is 5.97 Å². The minimum atomic E-state index is -0.731. The van der Waals surface area contributed by atoms with E-state index in [1.165, 1.54) is 19.3 Å². The van der Waals surface area contributed by atoms with Crippen molar-refractivity contribution in [3.63, 3.8) is 0 Å². The molecule has 0 saturated heterocycles. The molecule has 1 aliphatic rings. The molecular formula is C23H28O3. The van der Waals surface area contributed by atoms with Gasteiger partial charge in [-0.2, -0.15) is 0 Å². The summed E-state index contributed by atoms with van der Waals surface area (Å²) in [6.07, 6.45) is 7.78. The molecule has 0 spiro atoms. The van der Waals surface area contributed by atoms with E-state index in [9.17, 15) is 4.79 Å². The van der Waals surface area contributed by atoms with Crippen molar-refractivity contribution in [2.24, 2.45) is 5.92 Å². The van der Waals surface area contributed by atoms with Crippen LogP contribution in [0.4, 0.5) is 0 Å². The Hall–Kier alpha value is -2.29. The summed E-state index contributed by atoms with van der Waals surface area (Å²) in [4.78, 5) is 11.1. The van der Waals surface area contributed by atoms with Crippen LogP contribution in [0.25, 0.3) is 11.1 Å². The van der Waals surface area contributed by atoms with Gasteiger partial charge in [0.25, 0.3) is 0 Å². The van der Waals surface area contributed by atoms with Crippen LogP contribution in [0.15, 0.2) is 48.5 Å². The first-order valence-corrected chi connectivity index (χ1v) is 9.71. The summed E-state index contributed by atoms with van der Waals surface area (Å²) in [5.41, 5.74) is 3.41. The second-order valence-electron chi connectivity index (χ2n) is 7.35. The lowest BCUT2D eigenvalue weighted by atomic mass is 9.95. The fraction of sp³-hybridized carbons (Fsp3) is 0.435. The Kier molecular flexibility index (Phi) is 6.32. The molecule has 2 aromatic rings. The van der Waals surface area contributed by atoms with E-state index in [1.54, 1.807) is 6.92 Å². The molecule has 138 valence electrons. The number of aliphatic carboxylic acids is 1. The molecule has 3 rings (SSSR count). The summed E-state index contributed by atoms with van der Waals surface area (Å²) >= 11 is 0. The highest BCUT2D eigenvalue weighted by atomic mass is 16.5. The first-order chi connectivity index (χ1) is 12.6. The van der Waals surface area contributed by atoms with Gasteiger partial charge >= 0.3 is 5.97 Å². The van der Waals surface area contributed by atoms with Crippen molar-refractivity contribution in [2.45, 2.75) is 58.0 Å². The third-order valence-corrected chi connectivity index (χ3v) is 5.26. The first-order valence-electron chi connectivity index (χ1n) is 9.71. The standard InChI is InChI=1S/C23H28O3/c1-17(23(24)25)12-13-18-14-15-22(26-20-10-6-3-7-11-20)21(16-18)19-8-4-2-5-9-19/h2,4-5,8-9,14-17,20H,3,6-7,10-13H2,1H3,(H,24,25). The van der Waals surface area contributed by atoms with Crippen LogP contribution in [0.1, 0.15) is 51.0 Å². The van der Waals surface area contributed by atoms with Crippen LogP contribution in [-0.2, 0) is 11.2 Å². The van der Waals surface area contributed by atoms with Gasteiger partial charge in [0.15, 0.2) is 0 Å². The van der Waals surface area contributed by atoms with Gasteiger partial charge in [-0.3, -0.25) is 4.79 Å². The van der Waals surface area contributed by atoms with Crippen molar-refractivity contribution in [3.05, 3.63) is 54.1 Å². The average molecular weight is 352 g/mol. The van der Waals surface area contributed by atoms with Crippen LogP contribution >= 0.6 is 0 Å². The van der Waals surface area contributed by atoms with Gasteiger partial charge in [-0.15, -0.1) is 0 Å². The zero-order valence-corrected chi connectivity index (χ0v) is 15.5. The van der Waals surface area contributed by atoms with Crippen LogP contribution in [0.3, 0.4) is 0 Å². The Morgan fingerprint density at radius 3 is 2.54 bits per heavy atom. The maximum Gasteiger partial charge on any atom is 0.306 e. The molecule has 1 unspecified atom stereocenters. The van der Waals surface area contributed by atoms with Crippen LogP contribution in [0.2, 0.25) is 0 Å². The molecule has 0 radical (unpaired) electrons. The van der Waals surface area contributed by atoms with Gasteiger partial charge in [-0.05, 0) is 61.8 Å². The summed E-state index contributed by atoms with van der Waals surface area (Å²) in [5, 5.41) is 9.10. The van der Waals surface area contributed by atoms with E-state index in [2.05, 4.69) is 30.3 Å². The van der Waals surface area contributed by atoms with Gasteiger partial charge in [-0.1, -0.05) is 49.7 Å². The molecule has 0 bridgehead atoms. The van der Waals surface area contributed by atoms with Crippen molar-refractivity contribution in [2.75, 3.05) is 0 Å². The Balaban J connectivity index is 1.82. The minimum Gasteiger partial charge on any atom is -0.490 e.